The lowest BCUT2D eigenvalue weighted by Gasteiger charge is -2.35. The maximum atomic E-state index is 12.9. The zero-order chi connectivity index (χ0) is 19.3. The van der Waals surface area contributed by atoms with Gasteiger partial charge in [-0.15, -0.1) is 0 Å². The third kappa shape index (κ3) is 4.40. The third-order valence-electron chi connectivity index (χ3n) is 4.65. The number of phenolic OH excluding ortho intramolecular Hbond substituents is 1. The fourth-order valence-corrected chi connectivity index (χ4v) is 3.16. The number of phenols is 1. The molecule has 1 saturated heterocycles. The molecule has 2 heterocycles. The maximum Gasteiger partial charge on any atom is 0.240 e. The van der Waals surface area contributed by atoms with Crippen LogP contribution in [0.2, 0.25) is 0 Å². The van der Waals surface area contributed by atoms with E-state index >= 15 is 0 Å². The van der Waals surface area contributed by atoms with Gasteiger partial charge in [-0.3, -0.25) is 4.90 Å². The van der Waals surface area contributed by atoms with Crippen molar-refractivity contribution in [3.63, 3.8) is 0 Å². The van der Waals surface area contributed by atoms with Gasteiger partial charge in [0.05, 0.1) is 12.2 Å². The monoisotopic (exact) mass is 384 g/mol. The van der Waals surface area contributed by atoms with Gasteiger partial charge in [-0.1, -0.05) is 17.3 Å². The number of aromatic nitrogens is 2. The smallest absolute Gasteiger partial charge is 0.240 e. The van der Waals surface area contributed by atoms with Crippen LogP contribution in [-0.2, 0) is 13.2 Å². The number of ether oxygens (including phenoxy) is 1. The van der Waals surface area contributed by atoms with Gasteiger partial charge in [0, 0.05) is 26.2 Å². The number of hydrogen-bond donors (Lipinski definition) is 1. The van der Waals surface area contributed by atoms with Crippen molar-refractivity contribution in [3.8, 4) is 11.5 Å². The molecule has 0 unspecified atom stereocenters. The van der Waals surface area contributed by atoms with Crippen molar-refractivity contribution in [2.45, 2.75) is 13.2 Å². The molecule has 1 N–H and O–H groups in total. The van der Waals surface area contributed by atoms with Gasteiger partial charge in [0.15, 0.2) is 6.61 Å². The average Bonchev–Trinajstić information content (AvgIpc) is 3.16. The van der Waals surface area contributed by atoms with Crippen molar-refractivity contribution in [2.75, 3.05) is 31.1 Å². The zero-order valence-corrected chi connectivity index (χ0v) is 15.3. The summed E-state index contributed by atoms with van der Waals surface area (Å²) in [7, 11) is 0. The second-order valence-electron chi connectivity index (χ2n) is 6.60. The fourth-order valence-electron chi connectivity index (χ4n) is 3.16. The van der Waals surface area contributed by atoms with Crippen molar-refractivity contribution in [1.82, 2.24) is 15.0 Å². The summed E-state index contributed by atoms with van der Waals surface area (Å²) in [5.41, 5.74) is 0.861. The molecule has 4 rings (SSSR count). The third-order valence-corrected chi connectivity index (χ3v) is 4.65. The summed E-state index contributed by atoms with van der Waals surface area (Å²) in [5, 5.41) is 13.9. The van der Waals surface area contributed by atoms with Gasteiger partial charge in [-0.25, -0.2) is 4.39 Å². The van der Waals surface area contributed by atoms with Crippen molar-refractivity contribution >= 4 is 5.69 Å². The zero-order valence-electron chi connectivity index (χ0n) is 15.3. The topological polar surface area (TPSA) is 74.9 Å². The highest BCUT2D eigenvalue weighted by Crippen LogP contribution is 2.27. The van der Waals surface area contributed by atoms with Crippen LogP contribution in [0.5, 0.6) is 11.5 Å². The Balaban J connectivity index is 1.26. The van der Waals surface area contributed by atoms with E-state index in [1.54, 1.807) is 18.2 Å². The van der Waals surface area contributed by atoms with Crippen molar-refractivity contribution in [3.05, 3.63) is 66.1 Å². The van der Waals surface area contributed by atoms with Gasteiger partial charge in [0.1, 0.15) is 17.3 Å². The molecule has 0 bridgehead atoms. The molecule has 1 aliphatic rings. The Bertz CT molecular complexity index is 908. The van der Waals surface area contributed by atoms with Gasteiger partial charge in [-0.2, -0.15) is 4.98 Å². The summed E-state index contributed by atoms with van der Waals surface area (Å²) in [6, 6.07) is 13.2. The first-order valence-corrected chi connectivity index (χ1v) is 9.12. The van der Waals surface area contributed by atoms with E-state index in [9.17, 15) is 9.50 Å². The van der Waals surface area contributed by atoms with Crippen LogP contribution in [0.25, 0.3) is 0 Å². The lowest BCUT2D eigenvalue weighted by molar-refractivity contribution is 0.214. The Kier molecular flexibility index (Phi) is 5.38. The highest BCUT2D eigenvalue weighted by molar-refractivity contribution is 5.57. The maximum absolute atomic E-state index is 12.9. The Morgan fingerprint density at radius 1 is 1.04 bits per heavy atom. The molecule has 28 heavy (non-hydrogen) atoms. The van der Waals surface area contributed by atoms with Crippen molar-refractivity contribution in [2.24, 2.45) is 0 Å². The molecule has 0 aliphatic carbocycles. The van der Waals surface area contributed by atoms with E-state index in [0.717, 1.165) is 31.9 Å². The fraction of sp³-hybridized carbons (Fsp3) is 0.300. The molecule has 7 nitrogen and oxygen atoms in total. The number of piperazine rings is 1. The largest absolute Gasteiger partial charge is 0.506 e. The van der Waals surface area contributed by atoms with Crippen LogP contribution in [0.3, 0.4) is 0 Å². The van der Waals surface area contributed by atoms with Gasteiger partial charge in [-0.05, 0) is 36.4 Å². The minimum atomic E-state index is -0.309. The lowest BCUT2D eigenvalue weighted by Crippen LogP contribution is -2.46. The molecule has 0 saturated carbocycles. The van der Waals surface area contributed by atoms with Crippen molar-refractivity contribution in [1.29, 1.82) is 0 Å². The molecule has 8 heteroatoms. The SMILES string of the molecule is Oc1ccccc1N1CCN(Cc2nc(COc3ccc(F)cc3)no2)CC1. The molecule has 2 aromatic carbocycles. The Morgan fingerprint density at radius 3 is 2.54 bits per heavy atom. The predicted molar refractivity (Wildman–Crippen MR) is 101 cm³/mol. The van der Waals surface area contributed by atoms with Crippen LogP contribution >= 0.6 is 0 Å². The van der Waals surface area contributed by atoms with E-state index in [4.69, 9.17) is 9.26 Å². The number of aromatic hydroxyl groups is 1. The van der Waals surface area contributed by atoms with E-state index in [2.05, 4.69) is 19.9 Å². The summed E-state index contributed by atoms with van der Waals surface area (Å²) >= 11 is 0. The van der Waals surface area contributed by atoms with Crippen molar-refractivity contribution < 1.29 is 18.8 Å². The minimum absolute atomic E-state index is 0.163. The van der Waals surface area contributed by atoms with Crippen LogP contribution in [0.4, 0.5) is 10.1 Å². The van der Waals surface area contributed by atoms with Gasteiger partial charge in [0.2, 0.25) is 11.7 Å². The number of benzene rings is 2. The molecule has 1 aromatic heterocycles. The van der Waals surface area contributed by atoms with E-state index in [-0.39, 0.29) is 12.4 Å². The first-order chi connectivity index (χ1) is 13.7. The Morgan fingerprint density at radius 2 is 1.79 bits per heavy atom. The molecule has 146 valence electrons. The molecule has 0 amide bonds. The van der Waals surface area contributed by atoms with E-state index in [1.165, 1.54) is 12.1 Å². The summed E-state index contributed by atoms with van der Waals surface area (Å²) in [5.74, 6) is 1.53. The molecule has 0 spiro atoms. The molecular formula is C20H21FN4O3. The van der Waals surface area contributed by atoms with E-state index in [0.29, 0.717) is 29.8 Å². The standard InChI is InChI=1S/C20H21FN4O3/c21-15-5-7-16(8-6-15)27-14-19-22-20(28-23-19)13-24-9-11-25(12-10-24)17-3-1-2-4-18(17)26/h1-8,26H,9-14H2. The molecule has 1 aliphatic heterocycles. The normalized spacial score (nSPS) is 15.0. The van der Waals surface area contributed by atoms with Gasteiger partial charge < -0.3 is 19.3 Å². The Labute approximate surface area is 162 Å². The van der Waals surface area contributed by atoms with Crippen LogP contribution in [-0.4, -0.2) is 46.3 Å². The summed E-state index contributed by atoms with van der Waals surface area (Å²) in [4.78, 5) is 8.76. The highest BCUT2D eigenvalue weighted by atomic mass is 19.1. The molecule has 1 fully saturated rings. The number of hydrogen-bond acceptors (Lipinski definition) is 7. The molecule has 3 aromatic rings. The van der Waals surface area contributed by atoms with Crippen LogP contribution in [0.1, 0.15) is 11.7 Å². The first-order valence-electron chi connectivity index (χ1n) is 9.12. The quantitative estimate of drug-likeness (QED) is 0.700. The molecule has 0 atom stereocenters. The number of nitrogens with zero attached hydrogens (tertiary/aromatic N) is 4. The molecular weight excluding hydrogens is 363 g/mol. The highest BCUT2D eigenvalue weighted by Gasteiger charge is 2.21. The predicted octanol–water partition coefficient (Wildman–Crippen LogP) is 2.82. The number of halogens is 1. The summed E-state index contributed by atoms with van der Waals surface area (Å²) in [6.45, 7) is 4.02. The summed E-state index contributed by atoms with van der Waals surface area (Å²) < 4.78 is 23.7. The number of anilines is 1. The number of rotatable bonds is 6. The second-order valence-corrected chi connectivity index (χ2v) is 6.60. The van der Waals surface area contributed by atoms with Gasteiger partial charge in [0.25, 0.3) is 0 Å². The lowest BCUT2D eigenvalue weighted by atomic mass is 10.2. The summed E-state index contributed by atoms with van der Waals surface area (Å²) in [6.07, 6.45) is 0. The van der Waals surface area contributed by atoms with Crippen LogP contribution < -0.4 is 9.64 Å². The van der Waals surface area contributed by atoms with E-state index in [1.807, 2.05) is 18.2 Å². The van der Waals surface area contributed by atoms with Gasteiger partial charge >= 0.3 is 0 Å². The first kappa shape index (κ1) is 18.2. The van der Waals surface area contributed by atoms with E-state index < -0.39 is 0 Å². The molecule has 0 radical (unpaired) electrons. The minimum Gasteiger partial charge on any atom is -0.506 e. The Hall–Kier alpha value is -3.13. The second kappa shape index (κ2) is 8.26. The van der Waals surface area contributed by atoms with Crippen LogP contribution in [0.15, 0.2) is 53.1 Å². The number of para-hydroxylation sites is 2. The average molecular weight is 384 g/mol. The van der Waals surface area contributed by atoms with Crippen LogP contribution in [0, 0.1) is 5.82 Å².